The molecule has 9 heteroatoms. The van der Waals surface area contributed by atoms with Crippen molar-refractivity contribution in [1.29, 1.82) is 5.26 Å². The summed E-state index contributed by atoms with van der Waals surface area (Å²) >= 11 is 7.06. The van der Waals surface area contributed by atoms with E-state index in [0.717, 1.165) is 17.3 Å². The predicted octanol–water partition coefficient (Wildman–Crippen LogP) is 4.21. The molecule has 0 aliphatic rings. The summed E-state index contributed by atoms with van der Waals surface area (Å²) in [4.78, 5) is 12.0. The Hall–Kier alpha value is -3.02. The first-order valence-corrected chi connectivity index (χ1v) is 9.54. The second-order valence-electron chi connectivity index (χ2n) is 5.71. The van der Waals surface area contributed by atoms with Crippen LogP contribution in [0.25, 0.3) is 0 Å². The number of anilines is 1. The monoisotopic (exact) mass is 414 g/mol. The number of benzene rings is 2. The molecule has 0 bridgehead atoms. The van der Waals surface area contributed by atoms with E-state index in [1.54, 1.807) is 12.1 Å². The summed E-state index contributed by atoms with van der Waals surface area (Å²) in [5.74, 6) is 0.857. The fourth-order valence-corrected chi connectivity index (χ4v) is 3.02. The Labute approximate surface area is 170 Å². The third-order valence-electron chi connectivity index (χ3n) is 3.50. The van der Waals surface area contributed by atoms with Crippen molar-refractivity contribution in [3.05, 3.63) is 64.5 Å². The summed E-state index contributed by atoms with van der Waals surface area (Å²) in [6.45, 7) is 2.12. The normalized spacial score (nSPS) is 10.3. The van der Waals surface area contributed by atoms with Gasteiger partial charge in [0.2, 0.25) is 5.91 Å². The molecule has 1 N–H and O–H groups in total. The van der Waals surface area contributed by atoms with Gasteiger partial charge in [0.15, 0.2) is 6.61 Å². The minimum absolute atomic E-state index is 0.0813. The van der Waals surface area contributed by atoms with Crippen LogP contribution in [0.3, 0.4) is 0 Å². The van der Waals surface area contributed by atoms with Crippen LogP contribution >= 0.6 is 23.4 Å². The number of carbonyl (C=O) groups excluding carboxylic acids is 1. The zero-order valence-corrected chi connectivity index (χ0v) is 16.4. The van der Waals surface area contributed by atoms with Crippen LogP contribution in [-0.4, -0.2) is 21.9 Å². The van der Waals surface area contributed by atoms with Gasteiger partial charge >= 0.3 is 0 Å². The summed E-state index contributed by atoms with van der Waals surface area (Å²) in [6, 6.07) is 14.3. The van der Waals surface area contributed by atoms with E-state index in [4.69, 9.17) is 26.0 Å². The maximum atomic E-state index is 12.0. The fraction of sp³-hybridized carbons (Fsp3) is 0.158. The lowest BCUT2D eigenvalue weighted by atomic mass is 10.2. The van der Waals surface area contributed by atoms with E-state index in [2.05, 4.69) is 15.5 Å². The molecule has 0 aliphatic heterocycles. The molecule has 7 nitrogen and oxygen atoms in total. The van der Waals surface area contributed by atoms with Gasteiger partial charge in [-0.2, -0.15) is 5.26 Å². The highest BCUT2D eigenvalue weighted by molar-refractivity contribution is 7.99. The van der Waals surface area contributed by atoms with Crippen molar-refractivity contribution in [3.63, 3.8) is 0 Å². The van der Waals surface area contributed by atoms with E-state index in [1.807, 2.05) is 37.3 Å². The Morgan fingerprint density at radius 2 is 2.18 bits per heavy atom. The number of hydrogen-bond donors (Lipinski definition) is 1. The van der Waals surface area contributed by atoms with Crippen LogP contribution in [0.2, 0.25) is 5.02 Å². The van der Waals surface area contributed by atoms with E-state index < -0.39 is 0 Å². The van der Waals surface area contributed by atoms with Crippen molar-refractivity contribution < 1.29 is 13.9 Å². The Morgan fingerprint density at radius 1 is 1.32 bits per heavy atom. The van der Waals surface area contributed by atoms with Crippen LogP contribution in [0.1, 0.15) is 17.0 Å². The largest absolute Gasteiger partial charge is 0.484 e. The molecule has 0 radical (unpaired) electrons. The molecule has 2 aromatic carbocycles. The number of ether oxygens (including phenoxy) is 1. The van der Waals surface area contributed by atoms with Crippen molar-refractivity contribution in [2.24, 2.45) is 0 Å². The molecule has 0 saturated carbocycles. The van der Waals surface area contributed by atoms with E-state index in [9.17, 15) is 4.79 Å². The first kappa shape index (κ1) is 19.7. The average Bonchev–Trinajstić information content (AvgIpc) is 3.13. The number of rotatable bonds is 7. The number of carbonyl (C=O) groups is 1. The molecule has 0 saturated heterocycles. The van der Waals surface area contributed by atoms with Crippen LogP contribution in [0.4, 0.5) is 5.69 Å². The molecule has 3 aromatic rings. The smallest absolute Gasteiger partial charge is 0.277 e. The van der Waals surface area contributed by atoms with Crippen LogP contribution in [0, 0.1) is 18.3 Å². The lowest BCUT2D eigenvalue weighted by Gasteiger charge is -2.05. The van der Waals surface area contributed by atoms with E-state index in [-0.39, 0.29) is 28.5 Å². The molecule has 1 heterocycles. The first-order valence-electron chi connectivity index (χ1n) is 8.17. The molecule has 1 aromatic heterocycles. The lowest BCUT2D eigenvalue weighted by molar-refractivity contribution is -0.113. The van der Waals surface area contributed by atoms with Crippen molar-refractivity contribution in [1.82, 2.24) is 10.2 Å². The third kappa shape index (κ3) is 5.49. The zero-order chi connectivity index (χ0) is 19.9. The van der Waals surface area contributed by atoms with Gasteiger partial charge in [-0.15, -0.1) is 10.2 Å². The van der Waals surface area contributed by atoms with Crippen molar-refractivity contribution in [2.45, 2.75) is 18.8 Å². The van der Waals surface area contributed by atoms with Gasteiger partial charge in [0.05, 0.1) is 16.3 Å². The summed E-state index contributed by atoms with van der Waals surface area (Å²) in [7, 11) is 0. The van der Waals surface area contributed by atoms with E-state index in [0.29, 0.717) is 22.9 Å². The number of nitrogens with one attached hydrogen (secondary N) is 1. The number of halogens is 1. The summed E-state index contributed by atoms with van der Waals surface area (Å²) in [6.07, 6.45) is 0. The van der Waals surface area contributed by atoms with Gasteiger partial charge in [-0.05, 0) is 42.8 Å². The molecular formula is C19H15ClN4O3S. The maximum absolute atomic E-state index is 12.0. The molecule has 28 heavy (non-hydrogen) atoms. The predicted molar refractivity (Wildman–Crippen MR) is 105 cm³/mol. The molecule has 1 amide bonds. The Kier molecular flexibility index (Phi) is 6.53. The number of aromatic nitrogens is 2. The first-order chi connectivity index (χ1) is 13.5. The van der Waals surface area contributed by atoms with Crippen molar-refractivity contribution in [3.8, 4) is 11.8 Å². The second kappa shape index (κ2) is 9.26. The molecule has 3 rings (SSSR count). The highest BCUT2D eigenvalue weighted by atomic mass is 35.5. The minimum atomic E-state index is -0.262. The minimum Gasteiger partial charge on any atom is -0.484 e. The van der Waals surface area contributed by atoms with Crippen LogP contribution in [-0.2, 0) is 11.4 Å². The van der Waals surface area contributed by atoms with E-state index in [1.165, 1.54) is 6.07 Å². The molecular weight excluding hydrogens is 400 g/mol. The number of nitrogens with zero attached hydrogens (tertiary/aromatic N) is 3. The quantitative estimate of drug-likeness (QED) is 0.577. The number of aryl methyl sites for hydroxylation is 1. The number of hydrogen-bond acceptors (Lipinski definition) is 7. The zero-order valence-electron chi connectivity index (χ0n) is 14.8. The SMILES string of the molecule is Cc1cccc(OCc2nnc(SCC(=O)Nc3ccc(C#N)c(Cl)c3)o2)c1. The molecule has 0 aliphatic carbocycles. The maximum Gasteiger partial charge on any atom is 0.277 e. The van der Waals surface area contributed by atoms with Gasteiger partial charge in [0, 0.05) is 5.69 Å². The topological polar surface area (TPSA) is 101 Å². The summed E-state index contributed by atoms with van der Waals surface area (Å²) in [5, 5.41) is 19.9. The Bertz CT molecular complexity index is 1030. The van der Waals surface area contributed by atoms with Gasteiger partial charge in [0.25, 0.3) is 11.1 Å². The van der Waals surface area contributed by atoms with Crippen LogP contribution in [0.5, 0.6) is 5.75 Å². The van der Waals surface area contributed by atoms with E-state index >= 15 is 0 Å². The number of amides is 1. The third-order valence-corrected chi connectivity index (χ3v) is 4.63. The van der Waals surface area contributed by atoms with Crippen molar-refractivity contribution >= 4 is 35.0 Å². The van der Waals surface area contributed by atoms with Crippen LogP contribution < -0.4 is 10.1 Å². The van der Waals surface area contributed by atoms with Gasteiger partial charge in [-0.1, -0.05) is 35.5 Å². The average molecular weight is 415 g/mol. The molecule has 0 spiro atoms. The molecule has 0 unspecified atom stereocenters. The van der Waals surface area contributed by atoms with Gasteiger partial charge < -0.3 is 14.5 Å². The van der Waals surface area contributed by atoms with Crippen LogP contribution in [0.15, 0.2) is 52.1 Å². The number of thioether (sulfide) groups is 1. The van der Waals surface area contributed by atoms with Gasteiger partial charge in [0.1, 0.15) is 11.8 Å². The lowest BCUT2D eigenvalue weighted by Crippen LogP contribution is -2.14. The molecule has 0 atom stereocenters. The molecule has 0 fully saturated rings. The highest BCUT2D eigenvalue weighted by Crippen LogP contribution is 2.22. The van der Waals surface area contributed by atoms with Gasteiger partial charge in [-0.3, -0.25) is 4.79 Å². The molecule has 142 valence electrons. The summed E-state index contributed by atoms with van der Waals surface area (Å²) < 4.78 is 11.1. The standard InChI is InChI=1S/C19H15ClN4O3S/c1-12-3-2-4-15(7-12)26-10-18-23-24-19(27-18)28-11-17(25)22-14-6-5-13(9-21)16(20)8-14/h2-8H,10-11H2,1H3,(H,22,25). The summed E-state index contributed by atoms with van der Waals surface area (Å²) in [5.41, 5.74) is 1.95. The Morgan fingerprint density at radius 3 is 2.93 bits per heavy atom. The van der Waals surface area contributed by atoms with Crippen molar-refractivity contribution in [2.75, 3.05) is 11.1 Å². The second-order valence-corrected chi connectivity index (χ2v) is 7.04. The number of nitriles is 1. The fourth-order valence-electron chi connectivity index (χ4n) is 2.21. The Balaban J connectivity index is 1.48. The highest BCUT2D eigenvalue weighted by Gasteiger charge is 2.11. The van der Waals surface area contributed by atoms with Gasteiger partial charge in [-0.25, -0.2) is 0 Å².